The van der Waals surface area contributed by atoms with Gasteiger partial charge >= 0.3 is 0 Å². The molecule has 3 N–H and O–H groups in total. The van der Waals surface area contributed by atoms with Crippen LogP contribution in [0.25, 0.3) is 0 Å². The van der Waals surface area contributed by atoms with E-state index < -0.39 is 0 Å². The molecule has 2 aromatic carbocycles. The molecule has 1 fully saturated rings. The Labute approximate surface area is 176 Å². The summed E-state index contributed by atoms with van der Waals surface area (Å²) in [5.41, 5.74) is 1.81. The van der Waals surface area contributed by atoms with Crippen molar-refractivity contribution in [3.8, 4) is 5.75 Å². The first-order valence-corrected chi connectivity index (χ1v) is 10.4. The maximum atomic E-state index is 13.6. The number of amides is 1. The Morgan fingerprint density at radius 3 is 2.55 bits per heavy atom. The van der Waals surface area contributed by atoms with Crippen molar-refractivity contribution in [3.05, 3.63) is 64.4 Å². The normalized spacial score (nSPS) is 20.1. The first-order valence-electron chi connectivity index (χ1n) is 9.99. The van der Waals surface area contributed by atoms with Crippen molar-refractivity contribution in [1.29, 1.82) is 0 Å². The quantitative estimate of drug-likeness (QED) is 0.614. The highest BCUT2D eigenvalue weighted by Crippen LogP contribution is 2.21. The van der Waals surface area contributed by atoms with Crippen LogP contribution in [0.4, 0.5) is 4.39 Å². The number of ether oxygens (including phenoxy) is 1. The van der Waals surface area contributed by atoms with Gasteiger partial charge in [0.15, 0.2) is 6.54 Å². The van der Waals surface area contributed by atoms with Crippen molar-refractivity contribution >= 4 is 17.5 Å². The minimum Gasteiger partial charge on any atom is -0.496 e. The largest absolute Gasteiger partial charge is 0.496 e. The molecule has 1 aliphatic heterocycles. The smallest absolute Gasteiger partial charge is 0.275 e. The van der Waals surface area contributed by atoms with Crippen molar-refractivity contribution in [1.82, 2.24) is 5.32 Å². The van der Waals surface area contributed by atoms with Crippen molar-refractivity contribution in [2.75, 3.05) is 39.8 Å². The third kappa shape index (κ3) is 5.92. The number of piperazine rings is 1. The lowest BCUT2D eigenvalue weighted by atomic mass is 10.1. The van der Waals surface area contributed by atoms with Crippen LogP contribution in [0, 0.1) is 5.82 Å². The van der Waals surface area contributed by atoms with Gasteiger partial charge in [-0.25, -0.2) is 4.39 Å². The summed E-state index contributed by atoms with van der Waals surface area (Å²) in [7, 11) is 1.61. The van der Waals surface area contributed by atoms with Gasteiger partial charge in [-0.15, -0.1) is 0 Å². The van der Waals surface area contributed by atoms with Crippen LogP contribution in [0.5, 0.6) is 5.75 Å². The Bertz CT molecular complexity index is 841. The van der Waals surface area contributed by atoms with Crippen LogP contribution in [-0.2, 0) is 11.3 Å². The van der Waals surface area contributed by atoms with Gasteiger partial charge in [0.05, 0.1) is 18.7 Å². The lowest BCUT2D eigenvalue weighted by Crippen LogP contribution is -3.28. The zero-order valence-corrected chi connectivity index (χ0v) is 17.7. The molecule has 0 radical (unpaired) electrons. The lowest BCUT2D eigenvalue weighted by Gasteiger charge is -2.30. The van der Waals surface area contributed by atoms with E-state index in [4.69, 9.17) is 16.3 Å². The fourth-order valence-electron chi connectivity index (χ4n) is 3.89. The van der Waals surface area contributed by atoms with Crippen molar-refractivity contribution < 1.29 is 23.7 Å². The summed E-state index contributed by atoms with van der Waals surface area (Å²) < 4.78 is 18.9. The number of benzene rings is 2. The van der Waals surface area contributed by atoms with Crippen LogP contribution in [0.1, 0.15) is 24.1 Å². The Balaban J connectivity index is 1.47. The highest BCUT2D eigenvalue weighted by molar-refractivity contribution is 6.31. The van der Waals surface area contributed by atoms with Crippen molar-refractivity contribution in [3.63, 3.8) is 0 Å². The van der Waals surface area contributed by atoms with Gasteiger partial charge in [0.1, 0.15) is 44.3 Å². The molecule has 5 nitrogen and oxygen atoms in total. The molecular formula is C22H29ClFN3O2+2. The van der Waals surface area contributed by atoms with Crippen LogP contribution in [0.15, 0.2) is 42.5 Å². The summed E-state index contributed by atoms with van der Waals surface area (Å²) in [6.45, 7) is 6.80. The van der Waals surface area contributed by atoms with E-state index in [0.717, 1.165) is 49.6 Å². The predicted octanol–water partition coefficient (Wildman–Crippen LogP) is 0.649. The van der Waals surface area contributed by atoms with E-state index >= 15 is 0 Å². The minimum absolute atomic E-state index is 0.0302. The number of hydrogen-bond donors (Lipinski definition) is 3. The molecule has 0 bridgehead atoms. The molecule has 156 valence electrons. The molecule has 3 rings (SSSR count). The van der Waals surface area contributed by atoms with Gasteiger partial charge in [-0.2, -0.15) is 0 Å². The Morgan fingerprint density at radius 2 is 1.86 bits per heavy atom. The minimum atomic E-state index is -0.242. The summed E-state index contributed by atoms with van der Waals surface area (Å²) in [4.78, 5) is 15.1. The van der Waals surface area contributed by atoms with E-state index in [-0.39, 0.29) is 17.8 Å². The van der Waals surface area contributed by atoms with Crippen LogP contribution in [-0.4, -0.2) is 45.7 Å². The Morgan fingerprint density at radius 1 is 1.17 bits per heavy atom. The number of quaternary nitrogens is 2. The molecule has 2 aromatic rings. The Kier molecular flexibility index (Phi) is 7.47. The molecule has 0 spiro atoms. The van der Waals surface area contributed by atoms with E-state index in [9.17, 15) is 9.18 Å². The molecule has 7 heteroatoms. The maximum absolute atomic E-state index is 13.6. The zero-order chi connectivity index (χ0) is 20.8. The van der Waals surface area contributed by atoms with Gasteiger partial charge in [-0.1, -0.05) is 29.8 Å². The van der Waals surface area contributed by atoms with Crippen LogP contribution in [0.2, 0.25) is 5.02 Å². The number of nitrogens with one attached hydrogen (secondary N) is 3. The predicted molar refractivity (Wildman–Crippen MR) is 111 cm³/mol. The van der Waals surface area contributed by atoms with E-state index in [2.05, 4.69) is 5.32 Å². The van der Waals surface area contributed by atoms with Gasteiger partial charge in [-0.05, 0) is 36.8 Å². The fourth-order valence-corrected chi connectivity index (χ4v) is 4.19. The fraction of sp³-hybridized carbons (Fsp3) is 0.409. The standard InChI is InChI=1S/C22H27ClFN3O2/c1-16(19-5-3-4-6-20(19)23)25-22(28)15-27-11-9-26(10-12-27)14-17-13-18(24)7-8-21(17)29-2/h3-8,13,16H,9-12,14-15H2,1-2H3,(H,25,28)/p+2/t16-/m1/s1. The van der Waals surface area contributed by atoms with E-state index in [0.29, 0.717) is 11.6 Å². The second kappa shape index (κ2) is 10.1. The number of carbonyl (C=O) groups is 1. The Hall–Kier alpha value is -2.15. The van der Waals surface area contributed by atoms with Gasteiger partial charge in [0.25, 0.3) is 5.91 Å². The molecule has 1 saturated heterocycles. The summed E-state index contributed by atoms with van der Waals surface area (Å²) in [5.74, 6) is 0.512. The average Bonchev–Trinajstić information content (AvgIpc) is 2.70. The summed E-state index contributed by atoms with van der Waals surface area (Å²) >= 11 is 6.22. The molecule has 29 heavy (non-hydrogen) atoms. The average molecular weight is 422 g/mol. The molecule has 1 atom stereocenters. The monoisotopic (exact) mass is 421 g/mol. The van der Waals surface area contributed by atoms with Gasteiger partial charge in [0, 0.05) is 5.02 Å². The topological polar surface area (TPSA) is 47.2 Å². The third-order valence-electron chi connectivity index (χ3n) is 5.51. The molecule has 1 aliphatic rings. The second-order valence-electron chi connectivity index (χ2n) is 7.62. The summed E-state index contributed by atoms with van der Waals surface area (Å²) in [5, 5.41) is 3.71. The van der Waals surface area contributed by atoms with Gasteiger partial charge in [-0.3, -0.25) is 4.79 Å². The van der Waals surface area contributed by atoms with Crippen LogP contribution >= 0.6 is 11.6 Å². The second-order valence-corrected chi connectivity index (χ2v) is 8.03. The molecule has 0 aliphatic carbocycles. The molecule has 0 saturated carbocycles. The first kappa shape index (κ1) is 21.6. The van der Waals surface area contributed by atoms with Crippen LogP contribution in [0.3, 0.4) is 0 Å². The maximum Gasteiger partial charge on any atom is 0.275 e. The van der Waals surface area contributed by atoms with E-state index in [1.807, 2.05) is 31.2 Å². The highest BCUT2D eigenvalue weighted by atomic mass is 35.5. The number of rotatable bonds is 7. The van der Waals surface area contributed by atoms with Gasteiger partial charge < -0.3 is 19.9 Å². The third-order valence-corrected chi connectivity index (χ3v) is 5.85. The lowest BCUT2D eigenvalue weighted by molar-refractivity contribution is -1.02. The highest BCUT2D eigenvalue weighted by Gasteiger charge is 2.26. The molecule has 1 heterocycles. The summed E-state index contributed by atoms with van der Waals surface area (Å²) in [6.07, 6.45) is 0. The molecular weight excluding hydrogens is 393 g/mol. The molecule has 0 aromatic heterocycles. The van der Waals surface area contributed by atoms with E-state index in [1.165, 1.54) is 15.9 Å². The number of methoxy groups -OCH3 is 1. The number of halogens is 2. The first-order chi connectivity index (χ1) is 14.0. The molecule has 0 unspecified atom stereocenters. The van der Waals surface area contributed by atoms with E-state index in [1.54, 1.807) is 19.2 Å². The zero-order valence-electron chi connectivity index (χ0n) is 16.9. The van der Waals surface area contributed by atoms with Crippen molar-refractivity contribution in [2.45, 2.75) is 19.5 Å². The van der Waals surface area contributed by atoms with Crippen molar-refractivity contribution in [2.24, 2.45) is 0 Å². The van der Waals surface area contributed by atoms with Crippen LogP contribution < -0.4 is 19.9 Å². The summed E-state index contributed by atoms with van der Waals surface area (Å²) in [6, 6.07) is 12.1. The SMILES string of the molecule is COc1ccc(F)cc1C[NH+]1CC[NH+](CC(=O)N[C@H](C)c2ccccc2Cl)CC1. The number of hydrogen-bond acceptors (Lipinski definition) is 2. The number of carbonyl (C=O) groups excluding carboxylic acids is 1. The molecule has 1 amide bonds. The van der Waals surface area contributed by atoms with Gasteiger partial charge in [0.2, 0.25) is 0 Å².